The molecule has 0 radical (unpaired) electrons. The fourth-order valence-corrected chi connectivity index (χ4v) is 1.74. The van der Waals surface area contributed by atoms with E-state index in [0.717, 1.165) is 12.1 Å². The molecule has 2 rings (SSSR count). The van der Waals surface area contributed by atoms with Crippen molar-refractivity contribution in [1.29, 1.82) is 0 Å². The summed E-state index contributed by atoms with van der Waals surface area (Å²) in [7, 11) is 0. The molecule has 0 amide bonds. The van der Waals surface area contributed by atoms with Crippen LogP contribution < -0.4 is 0 Å². The first-order chi connectivity index (χ1) is 9.36. The third-order valence-corrected chi connectivity index (χ3v) is 2.88. The molecule has 0 unspecified atom stereocenters. The van der Waals surface area contributed by atoms with Crippen LogP contribution in [0.4, 0.5) is 13.2 Å². The minimum absolute atomic E-state index is 0.00717. The second-order valence-corrected chi connectivity index (χ2v) is 4.59. The van der Waals surface area contributed by atoms with E-state index >= 15 is 0 Å². The molecular weight excluding hydrogens is 291 g/mol. The van der Waals surface area contributed by atoms with Crippen molar-refractivity contribution in [3.8, 4) is 0 Å². The Labute approximate surface area is 118 Å². The van der Waals surface area contributed by atoms with Gasteiger partial charge in [-0.25, -0.2) is 0 Å². The quantitative estimate of drug-likeness (QED) is 0.796. The van der Waals surface area contributed by atoms with E-state index in [1.165, 1.54) is 30.5 Å². The number of hydrogen-bond acceptors (Lipinski definition) is 2. The highest BCUT2D eigenvalue weighted by atomic mass is 35.5. The molecule has 2 nitrogen and oxygen atoms in total. The number of pyridine rings is 1. The summed E-state index contributed by atoms with van der Waals surface area (Å²) in [6.07, 6.45) is -3.03. The SMILES string of the molecule is O=C(Cc1ccc(C(F)(F)F)cc1)c1ccc(Cl)cn1. The summed E-state index contributed by atoms with van der Waals surface area (Å²) in [6.45, 7) is 0. The molecule has 0 fully saturated rings. The minimum Gasteiger partial charge on any atom is -0.292 e. The molecule has 0 aliphatic heterocycles. The number of aromatic nitrogens is 1. The van der Waals surface area contributed by atoms with Crippen molar-refractivity contribution >= 4 is 17.4 Å². The molecule has 1 heterocycles. The maximum absolute atomic E-state index is 12.4. The van der Waals surface area contributed by atoms with Crippen LogP contribution in [0, 0.1) is 0 Å². The molecule has 0 N–H and O–H groups in total. The maximum Gasteiger partial charge on any atom is 0.416 e. The summed E-state index contributed by atoms with van der Waals surface area (Å²) < 4.78 is 37.2. The molecule has 0 aliphatic rings. The highest BCUT2D eigenvalue weighted by Crippen LogP contribution is 2.29. The van der Waals surface area contributed by atoms with Gasteiger partial charge < -0.3 is 0 Å². The topological polar surface area (TPSA) is 30.0 Å². The molecule has 0 aliphatic carbocycles. The number of benzene rings is 1. The number of carbonyl (C=O) groups is 1. The number of hydrogen-bond donors (Lipinski definition) is 0. The zero-order valence-corrected chi connectivity index (χ0v) is 10.9. The van der Waals surface area contributed by atoms with Crippen molar-refractivity contribution in [2.24, 2.45) is 0 Å². The van der Waals surface area contributed by atoms with Gasteiger partial charge in [-0.3, -0.25) is 9.78 Å². The minimum atomic E-state index is -4.37. The van der Waals surface area contributed by atoms with E-state index in [1.807, 2.05) is 0 Å². The number of halogens is 4. The van der Waals surface area contributed by atoms with Gasteiger partial charge in [0, 0.05) is 12.6 Å². The number of carbonyl (C=O) groups excluding carboxylic acids is 1. The van der Waals surface area contributed by atoms with Crippen molar-refractivity contribution in [3.63, 3.8) is 0 Å². The molecule has 0 atom stereocenters. The number of ketones is 1. The largest absolute Gasteiger partial charge is 0.416 e. The summed E-state index contributed by atoms with van der Waals surface area (Å²) in [6, 6.07) is 7.51. The lowest BCUT2D eigenvalue weighted by Gasteiger charge is -2.07. The first kappa shape index (κ1) is 14.5. The fraction of sp³-hybridized carbons (Fsp3) is 0.143. The Kier molecular flexibility index (Phi) is 4.09. The second kappa shape index (κ2) is 5.63. The van der Waals surface area contributed by atoms with Gasteiger partial charge in [-0.05, 0) is 29.8 Å². The summed E-state index contributed by atoms with van der Waals surface area (Å²) in [5.41, 5.74) is -0.00707. The van der Waals surface area contributed by atoms with E-state index in [1.54, 1.807) is 0 Å². The van der Waals surface area contributed by atoms with Crippen molar-refractivity contribution < 1.29 is 18.0 Å². The third kappa shape index (κ3) is 3.57. The van der Waals surface area contributed by atoms with E-state index in [-0.39, 0.29) is 17.9 Å². The molecule has 0 bridgehead atoms. The van der Waals surface area contributed by atoms with Gasteiger partial charge in [0.1, 0.15) is 5.69 Å². The monoisotopic (exact) mass is 299 g/mol. The van der Waals surface area contributed by atoms with Crippen LogP contribution in [0.15, 0.2) is 42.6 Å². The van der Waals surface area contributed by atoms with E-state index in [9.17, 15) is 18.0 Å². The lowest BCUT2D eigenvalue weighted by atomic mass is 10.0. The fourth-order valence-electron chi connectivity index (χ4n) is 1.63. The Balaban J connectivity index is 2.10. The van der Waals surface area contributed by atoms with Gasteiger partial charge in [0.2, 0.25) is 0 Å². The second-order valence-electron chi connectivity index (χ2n) is 4.16. The van der Waals surface area contributed by atoms with Crippen LogP contribution in [0.25, 0.3) is 0 Å². The van der Waals surface area contributed by atoms with Crippen LogP contribution >= 0.6 is 11.6 Å². The molecular formula is C14H9ClF3NO. The number of alkyl halides is 3. The summed E-state index contributed by atoms with van der Waals surface area (Å²) in [5, 5.41) is 0.413. The van der Waals surface area contributed by atoms with Crippen LogP contribution in [-0.4, -0.2) is 10.8 Å². The average molecular weight is 300 g/mol. The van der Waals surface area contributed by atoms with Crippen LogP contribution in [0.2, 0.25) is 5.02 Å². The predicted octanol–water partition coefficient (Wildman–Crippen LogP) is 4.18. The Morgan fingerprint density at radius 1 is 1.10 bits per heavy atom. The van der Waals surface area contributed by atoms with Gasteiger partial charge in [0.05, 0.1) is 10.6 Å². The van der Waals surface area contributed by atoms with Gasteiger partial charge in [-0.15, -0.1) is 0 Å². The lowest BCUT2D eigenvalue weighted by Crippen LogP contribution is -2.07. The molecule has 0 spiro atoms. The summed E-state index contributed by atoms with van der Waals surface area (Å²) in [5.74, 6) is -0.276. The lowest BCUT2D eigenvalue weighted by molar-refractivity contribution is -0.137. The van der Waals surface area contributed by atoms with Crippen molar-refractivity contribution in [3.05, 3.63) is 64.4 Å². The summed E-state index contributed by atoms with van der Waals surface area (Å²) in [4.78, 5) is 15.7. The molecule has 104 valence electrons. The van der Waals surface area contributed by atoms with Crippen molar-refractivity contribution in [2.75, 3.05) is 0 Å². The molecule has 1 aromatic heterocycles. The smallest absolute Gasteiger partial charge is 0.292 e. The zero-order valence-electron chi connectivity index (χ0n) is 10.1. The normalized spacial score (nSPS) is 11.4. The molecule has 0 saturated carbocycles. The first-order valence-electron chi connectivity index (χ1n) is 5.67. The third-order valence-electron chi connectivity index (χ3n) is 2.66. The number of rotatable bonds is 3. The average Bonchev–Trinajstić information content (AvgIpc) is 2.39. The van der Waals surface area contributed by atoms with Crippen LogP contribution in [0.5, 0.6) is 0 Å². The van der Waals surface area contributed by atoms with Crippen molar-refractivity contribution in [2.45, 2.75) is 12.6 Å². The number of nitrogens with zero attached hydrogens (tertiary/aromatic N) is 1. The van der Waals surface area contributed by atoms with Crippen molar-refractivity contribution in [1.82, 2.24) is 4.98 Å². The van der Waals surface area contributed by atoms with E-state index in [4.69, 9.17) is 11.6 Å². The summed E-state index contributed by atoms with van der Waals surface area (Å²) >= 11 is 5.66. The highest BCUT2D eigenvalue weighted by Gasteiger charge is 2.29. The first-order valence-corrected chi connectivity index (χ1v) is 6.05. The highest BCUT2D eigenvalue weighted by molar-refractivity contribution is 6.30. The number of Topliss-reactive ketones (excluding diaryl/α,β-unsaturated/α-hetero) is 1. The van der Waals surface area contributed by atoms with E-state index in [0.29, 0.717) is 10.6 Å². The Morgan fingerprint density at radius 3 is 2.25 bits per heavy atom. The van der Waals surface area contributed by atoms with Gasteiger partial charge in [0.25, 0.3) is 0 Å². The van der Waals surface area contributed by atoms with E-state index < -0.39 is 11.7 Å². The molecule has 2 aromatic rings. The van der Waals surface area contributed by atoms with Crippen LogP contribution in [0.3, 0.4) is 0 Å². The van der Waals surface area contributed by atoms with Gasteiger partial charge in [0.15, 0.2) is 5.78 Å². The zero-order chi connectivity index (χ0) is 14.8. The molecule has 0 saturated heterocycles. The van der Waals surface area contributed by atoms with E-state index in [2.05, 4.69) is 4.98 Å². The Morgan fingerprint density at radius 2 is 1.75 bits per heavy atom. The van der Waals surface area contributed by atoms with Crippen LogP contribution in [-0.2, 0) is 12.6 Å². The Bertz CT molecular complexity index is 606. The van der Waals surface area contributed by atoms with Crippen LogP contribution in [0.1, 0.15) is 21.6 Å². The predicted molar refractivity (Wildman–Crippen MR) is 68.7 cm³/mol. The molecule has 20 heavy (non-hydrogen) atoms. The maximum atomic E-state index is 12.4. The van der Waals surface area contributed by atoms with Gasteiger partial charge >= 0.3 is 6.18 Å². The van der Waals surface area contributed by atoms with Gasteiger partial charge in [-0.1, -0.05) is 23.7 Å². The molecule has 1 aromatic carbocycles. The molecule has 6 heteroatoms. The Hall–Kier alpha value is -1.88. The standard InChI is InChI=1S/C14H9ClF3NO/c15-11-5-6-12(19-8-11)13(20)7-9-1-3-10(4-2-9)14(16,17)18/h1-6,8H,7H2. The van der Waals surface area contributed by atoms with Gasteiger partial charge in [-0.2, -0.15) is 13.2 Å².